The second-order valence-electron chi connectivity index (χ2n) is 11.3. The van der Waals surface area contributed by atoms with Gasteiger partial charge in [-0.15, -0.1) is 0 Å². The summed E-state index contributed by atoms with van der Waals surface area (Å²) in [7, 11) is 1.33. The zero-order valence-corrected chi connectivity index (χ0v) is 26.0. The Bertz CT molecular complexity index is 1450. The highest BCUT2D eigenvalue weighted by Gasteiger charge is 2.33. The molecule has 234 valence electrons. The lowest BCUT2D eigenvalue weighted by Gasteiger charge is -2.29. The van der Waals surface area contributed by atoms with Crippen molar-refractivity contribution in [2.45, 2.75) is 61.8 Å². The summed E-state index contributed by atoms with van der Waals surface area (Å²) in [4.78, 5) is 41.2. The molecule has 1 heterocycles. The molecule has 5 N–H and O–H groups in total. The molecule has 0 bridgehead atoms. The first-order valence-electron chi connectivity index (χ1n) is 14.4. The average Bonchev–Trinajstić information content (AvgIpc) is 3.14. The van der Waals surface area contributed by atoms with Gasteiger partial charge in [-0.2, -0.15) is 0 Å². The van der Waals surface area contributed by atoms with E-state index in [1.54, 1.807) is 4.90 Å². The molecule has 3 amide bonds. The van der Waals surface area contributed by atoms with Gasteiger partial charge in [0.25, 0.3) is 5.91 Å². The molecule has 0 saturated carbocycles. The standard InChI is InChI=1S/C33H40N4O6S/c1-33(2,35-18-26(39)21-38)16-29(40)36-30-31(41)37(20-25-9-5-7-11-28(25)44-30)19-22-12-14-23(15-13-22)27-10-6-4-8-24(27)17-34-32(42)43-3/h4-15,26,30,35,38-39H,16-21H2,1-3H3,(H,34,42)(H,36,40)/t26-,30+/m0/s1. The summed E-state index contributed by atoms with van der Waals surface area (Å²) in [5, 5.41) is 26.7. The minimum absolute atomic E-state index is 0.0786. The molecule has 2 atom stereocenters. The summed E-state index contributed by atoms with van der Waals surface area (Å²) < 4.78 is 4.69. The molecule has 0 aliphatic carbocycles. The quantitative estimate of drug-likeness (QED) is 0.208. The predicted octanol–water partition coefficient (Wildman–Crippen LogP) is 3.40. The molecule has 3 aromatic carbocycles. The lowest BCUT2D eigenvalue weighted by Crippen LogP contribution is -2.50. The molecule has 4 rings (SSSR count). The van der Waals surface area contributed by atoms with Crippen LogP contribution in [0.2, 0.25) is 0 Å². The van der Waals surface area contributed by atoms with Crippen LogP contribution < -0.4 is 16.0 Å². The number of fused-ring (bicyclic) bond motifs is 1. The molecule has 11 heteroatoms. The highest BCUT2D eigenvalue weighted by molar-refractivity contribution is 8.00. The fraction of sp³-hybridized carbons (Fsp3) is 0.364. The van der Waals surface area contributed by atoms with Gasteiger partial charge in [-0.3, -0.25) is 9.59 Å². The highest BCUT2D eigenvalue weighted by Crippen LogP contribution is 2.33. The van der Waals surface area contributed by atoms with Gasteiger partial charge in [0.2, 0.25) is 5.91 Å². The van der Waals surface area contributed by atoms with Gasteiger partial charge >= 0.3 is 6.09 Å². The van der Waals surface area contributed by atoms with Crippen LogP contribution in [0.4, 0.5) is 4.79 Å². The van der Waals surface area contributed by atoms with E-state index in [1.807, 2.05) is 86.6 Å². The van der Waals surface area contributed by atoms with Crippen LogP contribution in [0.25, 0.3) is 11.1 Å². The lowest BCUT2D eigenvalue weighted by molar-refractivity contribution is -0.135. The number of alkyl carbamates (subject to hydrolysis) is 1. The number of thioether (sulfide) groups is 1. The number of amides is 3. The third-order valence-corrected chi connectivity index (χ3v) is 8.51. The van der Waals surface area contributed by atoms with Gasteiger partial charge < -0.3 is 35.8 Å². The maximum atomic E-state index is 13.8. The number of ether oxygens (including phenoxy) is 1. The van der Waals surface area contributed by atoms with Crippen LogP contribution in [0.1, 0.15) is 37.0 Å². The first-order valence-corrected chi connectivity index (χ1v) is 15.3. The van der Waals surface area contributed by atoms with Crippen molar-refractivity contribution >= 4 is 29.7 Å². The van der Waals surface area contributed by atoms with Gasteiger partial charge in [0, 0.05) is 43.0 Å². The molecular formula is C33H40N4O6S. The molecule has 0 spiro atoms. The number of aliphatic hydroxyl groups excluding tert-OH is 2. The Morgan fingerprint density at radius 1 is 1.07 bits per heavy atom. The van der Waals surface area contributed by atoms with Crippen molar-refractivity contribution in [3.63, 3.8) is 0 Å². The fourth-order valence-electron chi connectivity index (χ4n) is 4.93. The number of β-amino-alcohol motifs (C(OH)–C–C–N with tert-alkyl or cyclic N) is 1. The normalized spacial score (nSPS) is 15.6. The number of methoxy groups -OCH3 is 1. The Hall–Kier alpha value is -3.90. The van der Waals surface area contributed by atoms with E-state index >= 15 is 0 Å². The van der Waals surface area contributed by atoms with Crippen molar-refractivity contribution in [2.75, 3.05) is 20.3 Å². The summed E-state index contributed by atoms with van der Waals surface area (Å²) in [5.41, 5.74) is 4.19. The topological polar surface area (TPSA) is 140 Å². The van der Waals surface area contributed by atoms with Crippen LogP contribution >= 0.6 is 11.8 Å². The van der Waals surface area contributed by atoms with Gasteiger partial charge in [-0.1, -0.05) is 78.5 Å². The minimum Gasteiger partial charge on any atom is -0.453 e. The summed E-state index contributed by atoms with van der Waals surface area (Å²) in [5.74, 6) is -0.486. The first-order chi connectivity index (χ1) is 21.1. The van der Waals surface area contributed by atoms with Crippen molar-refractivity contribution < 1.29 is 29.3 Å². The largest absolute Gasteiger partial charge is 0.453 e. The molecule has 0 unspecified atom stereocenters. The molecule has 3 aromatic rings. The van der Waals surface area contributed by atoms with E-state index in [0.717, 1.165) is 32.7 Å². The second-order valence-corrected chi connectivity index (χ2v) is 12.5. The number of benzene rings is 3. The van der Waals surface area contributed by atoms with Gasteiger partial charge in [0.15, 0.2) is 5.37 Å². The third kappa shape index (κ3) is 9.06. The van der Waals surface area contributed by atoms with Crippen molar-refractivity contribution in [3.8, 4) is 11.1 Å². The second kappa shape index (κ2) is 15.2. The molecular weight excluding hydrogens is 580 g/mol. The summed E-state index contributed by atoms with van der Waals surface area (Å²) in [6.07, 6.45) is -1.34. The van der Waals surface area contributed by atoms with Crippen LogP contribution in [0, 0.1) is 0 Å². The summed E-state index contributed by atoms with van der Waals surface area (Å²) in [6.45, 7) is 4.53. The number of rotatable bonds is 12. The zero-order valence-electron chi connectivity index (χ0n) is 25.2. The third-order valence-electron chi connectivity index (χ3n) is 7.30. The van der Waals surface area contributed by atoms with E-state index in [9.17, 15) is 19.5 Å². The zero-order chi connectivity index (χ0) is 31.7. The molecule has 0 radical (unpaired) electrons. The van der Waals surface area contributed by atoms with Crippen LogP contribution in [0.15, 0.2) is 77.7 Å². The van der Waals surface area contributed by atoms with E-state index in [-0.39, 0.29) is 31.4 Å². The molecule has 44 heavy (non-hydrogen) atoms. The van der Waals surface area contributed by atoms with Gasteiger partial charge in [0.1, 0.15) is 0 Å². The monoisotopic (exact) mass is 620 g/mol. The Balaban J connectivity index is 1.48. The Morgan fingerprint density at radius 2 is 1.77 bits per heavy atom. The summed E-state index contributed by atoms with van der Waals surface area (Å²) in [6, 6.07) is 23.6. The Morgan fingerprint density at radius 3 is 2.50 bits per heavy atom. The molecule has 0 saturated heterocycles. The smallest absolute Gasteiger partial charge is 0.407 e. The maximum Gasteiger partial charge on any atom is 0.407 e. The average molecular weight is 621 g/mol. The van der Waals surface area contributed by atoms with E-state index < -0.39 is 23.1 Å². The number of carbonyl (C=O) groups is 3. The van der Waals surface area contributed by atoms with Crippen LogP contribution in [0.5, 0.6) is 0 Å². The van der Waals surface area contributed by atoms with Crippen molar-refractivity contribution in [1.29, 1.82) is 0 Å². The van der Waals surface area contributed by atoms with Crippen molar-refractivity contribution in [2.24, 2.45) is 0 Å². The molecule has 0 aromatic heterocycles. The first kappa shape index (κ1) is 33.0. The van der Waals surface area contributed by atoms with Crippen molar-refractivity contribution in [3.05, 3.63) is 89.5 Å². The van der Waals surface area contributed by atoms with Crippen LogP contribution in [-0.4, -0.2) is 70.3 Å². The Labute approximate surface area is 262 Å². The fourth-order valence-corrected chi connectivity index (χ4v) is 6.06. The highest BCUT2D eigenvalue weighted by atomic mass is 32.2. The van der Waals surface area contributed by atoms with Gasteiger partial charge in [-0.05, 0) is 47.7 Å². The number of hydrogen-bond acceptors (Lipinski definition) is 8. The molecule has 0 fully saturated rings. The number of nitrogens with zero attached hydrogens (tertiary/aromatic N) is 1. The number of aliphatic hydroxyl groups is 2. The van der Waals surface area contributed by atoms with Crippen LogP contribution in [-0.2, 0) is 34.0 Å². The number of carbonyl (C=O) groups excluding carboxylic acids is 3. The Kier molecular flexibility index (Phi) is 11.4. The van der Waals surface area contributed by atoms with Gasteiger partial charge in [-0.25, -0.2) is 4.79 Å². The molecule has 1 aliphatic heterocycles. The SMILES string of the molecule is COC(=O)NCc1ccccc1-c1ccc(CN2Cc3ccccc3S[C@@H](NC(=O)CC(C)(C)NC[C@H](O)CO)C2=O)cc1. The summed E-state index contributed by atoms with van der Waals surface area (Å²) >= 11 is 1.33. The lowest BCUT2D eigenvalue weighted by atomic mass is 9.98. The van der Waals surface area contributed by atoms with E-state index in [2.05, 4.69) is 16.0 Å². The number of nitrogens with one attached hydrogen (secondary N) is 3. The van der Waals surface area contributed by atoms with Gasteiger partial charge in [0.05, 0.1) is 19.8 Å². The minimum atomic E-state index is -0.922. The number of hydrogen-bond donors (Lipinski definition) is 5. The maximum absolute atomic E-state index is 13.8. The van der Waals surface area contributed by atoms with E-state index in [1.165, 1.54) is 18.9 Å². The molecule has 10 nitrogen and oxygen atoms in total. The van der Waals surface area contributed by atoms with Crippen molar-refractivity contribution in [1.82, 2.24) is 20.9 Å². The van der Waals surface area contributed by atoms with E-state index in [0.29, 0.717) is 19.6 Å². The van der Waals surface area contributed by atoms with E-state index in [4.69, 9.17) is 9.84 Å². The van der Waals surface area contributed by atoms with Crippen LogP contribution in [0.3, 0.4) is 0 Å². The molecule has 1 aliphatic rings. The predicted molar refractivity (Wildman–Crippen MR) is 169 cm³/mol.